The van der Waals surface area contributed by atoms with Crippen LogP contribution in [0.25, 0.3) is 0 Å². The summed E-state index contributed by atoms with van der Waals surface area (Å²) in [4.78, 5) is 27.8. The van der Waals surface area contributed by atoms with Crippen LogP contribution in [-0.2, 0) is 26.2 Å². The fourth-order valence-corrected chi connectivity index (χ4v) is 4.73. The lowest BCUT2D eigenvalue weighted by molar-refractivity contribution is -0.139. The molecule has 180 valence electrons. The molecule has 9 heteroatoms. The van der Waals surface area contributed by atoms with Gasteiger partial charge in [0.05, 0.1) is 11.9 Å². The van der Waals surface area contributed by atoms with Gasteiger partial charge in [-0.2, -0.15) is 0 Å². The summed E-state index contributed by atoms with van der Waals surface area (Å²) in [5.41, 5.74) is 2.23. The molecule has 0 bridgehead atoms. The van der Waals surface area contributed by atoms with Crippen molar-refractivity contribution in [3.05, 3.63) is 64.1 Å². The maximum Gasteiger partial charge on any atom is 0.244 e. The Balaban J connectivity index is 2.39. The summed E-state index contributed by atoms with van der Waals surface area (Å²) in [5, 5.41) is 2.87. The van der Waals surface area contributed by atoms with Crippen molar-refractivity contribution in [2.24, 2.45) is 5.92 Å². The Morgan fingerprint density at radius 2 is 1.64 bits per heavy atom. The first-order valence-electron chi connectivity index (χ1n) is 10.8. The van der Waals surface area contributed by atoms with E-state index in [1.165, 1.54) is 4.90 Å². The number of anilines is 1. The first-order valence-corrected chi connectivity index (χ1v) is 13.4. The highest BCUT2D eigenvalue weighted by molar-refractivity contribution is 9.10. The molecular weight excluding hydrogens is 506 g/mol. The van der Waals surface area contributed by atoms with Gasteiger partial charge in [0.25, 0.3) is 0 Å². The molecule has 0 aliphatic carbocycles. The summed E-state index contributed by atoms with van der Waals surface area (Å²) >= 11 is 3.37. The molecule has 2 amide bonds. The molecule has 33 heavy (non-hydrogen) atoms. The van der Waals surface area contributed by atoms with Crippen molar-refractivity contribution in [3.8, 4) is 0 Å². The molecule has 0 saturated heterocycles. The molecule has 0 heterocycles. The zero-order valence-corrected chi connectivity index (χ0v) is 22.1. The zero-order chi connectivity index (χ0) is 24.8. The number of benzene rings is 2. The molecule has 1 atom stereocenters. The molecule has 0 aliphatic rings. The Hall–Kier alpha value is -2.39. The first-order chi connectivity index (χ1) is 15.4. The number of hydrogen-bond donors (Lipinski definition) is 1. The minimum Gasteiger partial charge on any atom is -0.354 e. The molecule has 0 aromatic heterocycles. The van der Waals surface area contributed by atoms with Crippen molar-refractivity contribution in [3.63, 3.8) is 0 Å². The number of nitrogens with one attached hydrogen (secondary N) is 1. The number of hydrogen-bond acceptors (Lipinski definition) is 4. The van der Waals surface area contributed by atoms with Gasteiger partial charge in [-0.15, -0.1) is 0 Å². The van der Waals surface area contributed by atoms with Gasteiger partial charge in [0, 0.05) is 17.6 Å². The second-order valence-electron chi connectivity index (χ2n) is 8.48. The van der Waals surface area contributed by atoms with Gasteiger partial charge < -0.3 is 10.2 Å². The Labute approximate surface area is 205 Å². The van der Waals surface area contributed by atoms with Gasteiger partial charge >= 0.3 is 0 Å². The largest absolute Gasteiger partial charge is 0.354 e. The van der Waals surface area contributed by atoms with E-state index < -0.39 is 28.5 Å². The van der Waals surface area contributed by atoms with Crippen molar-refractivity contribution >= 4 is 43.5 Å². The van der Waals surface area contributed by atoms with Crippen LogP contribution in [0.15, 0.2) is 53.0 Å². The molecule has 2 aromatic carbocycles. The van der Waals surface area contributed by atoms with Gasteiger partial charge in [-0.3, -0.25) is 13.9 Å². The lowest BCUT2D eigenvalue weighted by Gasteiger charge is -2.32. The second kappa shape index (κ2) is 11.7. The predicted molar refractivity (Wildman–Crippen MR) is 135 cm³/mol. The number of nitrogens with zero attached hydrogens (tertiary/aromatic N) is 2. The maximum absolute atomic E-state index is 13.5. The molecule has 7 nitrogen and oxygen atoms in total. The van der Waals surface area contributed by atoms with Gasteiger partial charge in [0.2, 0.25) is 21.8 Å². The molecule has 0 unspecified atom stereocenters. The van der Waals surface area contributed by atoms with E-state index in [0.29, 0.717) is 16.7 Å². The summed E-state index contributed by atoms with van der Waals surface area (Å²) in [6.07, 6.45) is 1.06. The van der Waals surface area contributed by atoms with Crippen molar-refractivity contribution in [2.75, 3.05) is 23.7 Å². The third-order valence-corrected chi connectivity index (χ3v) is 7.05. The standard InChI is InChI=1S/C24H32BrN3O4S/c1-17(2)14-26-24(30)19(4)27(15-20-11-7-6-10-18(20)3)23(29)16-28(33(5,31)32)22-13-9-8-12-21(22)25/h6-13,17,19H,14-16H2,1-5H3,(H,26,30)/t19-/m0/s1. The van der Waals surface area contributed by atoms with Crippen molar-refractivity contribution < 1.29 is 18.0 Å². The lowest BCUT2D eigenvalue weighted by atomic mass is 10.1. The van der Waals surface area contributed by atoms with Crippen LogP contribution in [0.1, 0.15) is 31.9 Å². The molecule has 0 spiro atoms. The van der Waals surface area contributed by atoms with Crippen LogP contribution < -0.4 is 9.62 Å². The van der Waals surface area contributed by atoms with Gasteiger partial charge in [-0.25, -0.2) is 8.42 Å². The molecule has 2 rings (SSSR count). The predicted octanol–water partition coefficient (Wildman–Crippen LogP) is 3.71. The average molecular weight is 539 g/mol. The van der Waals surface area contributed by atoms with E-state index in [-0.39, 0.29) is 18.4 Å². The van der Waals surface area contributed by atoms with E-state index >= 15 is 0 Å². The van der Waals surface area contributed by atoms with Gasteiger partial charge in [-0.1, -0.05) is 50.2 Å². The SMILES string of the molecule is Cc1ccccc1CN(C(=O)CN(c1ccccc1Br)S(C)(=O)=O)[C@@H](C)C(=O)NCC(C)C. The average Bonchev–Trinajstić information content (AvgIpc) is 2.74. The smallest absolute Gasteiger partial charge is 0.244 e. The van der Waals surface area contributed by atoms with Gasteiger partial charge in [0.1, 0.15) is 12.6 Å². The van der Waals surface area contributed by atoms with Crippen LogP contribution in [0.2, 0.25) is 0 Å². The normalized spacial score (nSPS) is 12.3. The van der Waals surface area contributed by atoms with Crippen LogP contribution in [0.4, 0.5) is 5.69 Å². The topological polar surface area (TPSA) is 86.8 Å². The Morgan fingerprint density at radius 1 is 1.03 bits per heavy atom. The van der Waals surface area contributed by atoms with Crippen molar-refractivity contribution in [2.45, 2.75) is 40.3 Å². The number of rotatable bonds is 10. The summed E-state index contributed by atoms with van der Waals surface area (Å²) < 4.78 is 26.8. The highest BCUT2D eigenvalue weighted by Crippen LogP contribution is 2.28. The molecule has 0 radical (unpaired) electrons. The number of carbonyl (C=O) groups excluding carboxylic acids is 2. The third kappa shape index (κ3) is 7.57. The van der Waals surface area contributed by atoms with Crippen LogP contribution >= 0.6 is 15.9 Å². The van der Waals surface area contributed by atoms with E-state index in [1.807, 2.05) is 45.0 Å². The number of halogens is 1. The number of carbonyl (C=O) groups is 2. The molecule has 1 N–H and O–H groups in total. The van der Waals surface area contributed by atoms with Crippen molar-refractivity contribution in [1.29, 1.82) is 0 Å². The Morgan fingerprint density at radius 3 is 2.21 bits per heavy atom. The van der Waals surface area contributed by atoms with E-state index in [9.17, 15) is 18.0 Å². The number of sulfonamides is 1. The monoisotopic (exact) mass is 537 g/mol. The molecule has 0 fully saturated rings. The van der Waals surface area contributed by atoms with E-state index in [4.69, 9.17) is 0 Å². The van der Waals surface area contributed by atoms with Crippen molar-refractivity contribution in [1.82, 2.24) is 10.2 Å². The summed E-state index contributed by atoms with van der Waals surface area (Å²) in [6.45, 7) is 7.83. The Bertz CT molecular complexity index is 1090. The number of aryl methyl sites for hydroxylation is 1. The van der Waals surface area contributed by atoms with Crippen LogP contribution in [-0.4, -0.2) is 50.5 Å². The van der Waals surface area contributed by atoms with Crippen LogP contribution in [0.5, 0.6) is 0 Å². The fraction of sp³-hybridized carbons (Fsp3) is 0.417. The van der Waals surface area contributed by atoms with Gasteiger partial charge in [-0.05, 0) is 59.0 Å². The van der Waals surface area contributed by atoms with E-state index in [0.717, 1.165) is 21.7 Å². The molecule has 0 saturated carbocycles. The lowest BCUT2D eigenvalue weighted by Crippen LogP contribution is -2.51. The Kier molecular flexibility index (Phi) is 9.48. The van der Waals surface area contributed by atoms with Crippen LogP contribution in [0, 0.1) is 12.8 Å². The molecule has 2 aromatic rings. The number of para-hydroxylation sites is 1. The first kappa shape index (κ1) is 26.9. The minimum atomic E-state index is -3.76. The second-order valence-corrected chi connectivity index (χ2v) is 11.2. The maximum atomic E-state index is 13.5. The molecular formula is C24H32BrN3O4S. The zero-order valence-electron chi connectivity index (χ0n) is 19.7. The van der Waals surface area contributed by atoms with E-state index in [1.54, 1.807) is 31.2 Å². The third-order valence-electron chi connectivity index (χ3n) is 5.25. The van der Waals surface area contributed by atoms with E-state index in [2.05, 4.69) is 21.2 Å². The highest BCUT2D eigenvalue weighted by atomic mass is 79.9. The minimum absolute atomic E-state index is 0.190. The highest BCUT2D eigenvalue weighted by Gasteiger charge is 2.30. The summed E-state index contributed by atoms with van der Waals surface area (Å²) in [5.74, 6) is -0.484. The van der Waals surface area contributed by atoms with Gasteiger partial charge in [0.15, 0.2) is 0 Å². The number of amides is 2. The summed E-state index contributed by atoms with van der Waals surface area (Å²) in [7, 11) is -3.76. The summed E-state index contributed by atoms with van der Waals surface area (Å²) in [6, 6.07) is 13.6. The fourth-order valence-electron chi connectivity index (χ4n) is 3.25. The molecule has 0 aliphatic heterocycles. The van der Waals surface area contributed by atoms with Crippen LogP contribution in [0.3, 0.4) is 0 Å². The quantitative estimate of drug-likeness (QED) is 0.500.